The van der Waals surface area contributed by atoms with Gasteiger partial charge in [0, 0.05) is 32.1 Å². The molecular formula is C33H52N2O6. The highest BCUT2D eigenvalue weighted by Gasteiger charge is 2.29. The highest BCUT2D eigenvalue weighted by Crippen LogP contribution is 2.31. The van der Waals surface area contributed by atoms with Gasteiger partial charge in [-0.3, -0.25) is 4.79 Å². The van der Waals surface area contributed by atoms with Crippen molar-refractivity contribution in [1.29, 1.82) is 0 Å². The molecule has 0 radical (unpaired) electrons. The average molecular weight is 573 g/mol. The Kier molecular flexibility index (Phi) is 15.6. The van der Waals surface area contributed by atoms with Gasteiger partial charge in [0.25, 0.3) is 0 Å². The molecule has 4 atom stereocenters. The van der Waals surface area contributed by atoms with Crippen molar-refractivity contribution in [2.75, 3.05) is 40.6 Å². The van der Waals surface area contributed by atoms with Crippen LogP contribution in [0.3, 0.4) is 0 Å². The van der Waals surface area contributed by atoms with E-state index in [1.807, 2.05) is 56.3 Å². The van der Waals surface area contributed by atoms with E-state index in [1.165, 1.54) is 0 Å². The number of para-hydroxylation sites is 1. The van der Waals surface area contributed by atoms with Crippen LogP contribution in [0.25, 0.3) is 0 Å². The molecule has 230 valence electrons. The van der Waals surface area contributed by atoms with E-state index in [1.54, 1.807) is 14.2 Å². The van der Waals surface area contributed by atoms with Crippen LogP contribution in [0.5, 0.6) is 17.2 Å². The van der Waals surface area contributed by atoms with Crippen molar-refractivity contribution < 1.29 is 28.8 Å². The molecule has 2 aromatic rings. The number of benzene rings is 2. The molecule has 8 heteroatoms. The molecule has 1 amide bonds. The lowest BCUT2D eigenvalue weighted by molar-refractivity contribution is -0.127. The van der Waals surface area contributed by atoms with Crippen LogP contribution in [-0.4, -0.2) is 63.7 Å². The van der Waals surface area contributed by atoms with E-state index >= 15 is 0 Å². The molecule has 0 unspecified atom stereocenters. The van der Waals surface area contributed by atoms with Gasteiger partial charge in [-0.25, -0.2) is 0 Å². The van der Waals surface area contributed by atoms with E-state index in [9.17, 15) is 9.90 Å². The van der Waals surface area contributed by atoms with Crippen molar-refractivity contribution in [1.82, 2.24) is 5.32 Å². The minimum absolute atomic E-state index is 0.0643. The highest BCUT2D eigenvalue weighted by atomic mass is 16.5. The normalized spacial score (nSPS) is 14.4. The summed E-state index contributed by atoms with van der Waals surface area (Å²) in [6.45, 7) is 10.3. The average Bonchev–Trinajstić information content (AvgIpc) is 2.96. The van der Waals surface area contributed by atoms with Crippen LogP contribution in [0.15, 0.2) is 48.5 Å². The second kappa shape index (κ2) is 18.6. The minimum atomic E-state index is -0.787. The van der Waals surface area contributed by atoms with Crippen molar-refractivity contribution in [3.8, 4) is 17.2 Å². The summed E-state index contributed by atoms with van der Waals surface area (Å²) in [5.74, 6) is 2.42. The maximum Gasteiger partial charge on any atom is 0.223 e. The summed E-state index contributed by atoms with van der Waals surface area (Å²) in [4.78, 5) is 13.0. The third kappa shape index (κ3) is 12.3. The first-order valence-electron chi connectivity index (χ1n) is 14.8. The predicted octanol–water partition coefficient (Wildman–Crippen LogP) is 4.86. The number of hydrogen-bond donors (Lipinski definition) is 3. The standard InChI is InChI=1S/C33H52N2O6/c1-23(2)26(19-25-13-14-31(39-6)32(20-25)41-17-10-16-38-5)21-29(34)30(36)22-28(24(3)4)33(37)35-15-18-40-27-11-8-7-9-12-27/h7-9,11-14,20,23-24,26,28-30,36H,10,15-19,21-22,34H2,1-6H3,(H,35,37)/t26-,28-,29-,30-/m0/s1. The Balaban J connectivity index is 1.94. The molecule has 0 aliphatic rings. The number of aliphatic hydroxyl groups excluding tert-OH is 1. The first-order chi connectivity index (χ1) is 19.7. The molecule has 0 aromatic heterocycles. The van der Waals surface area contributed by atoms with Crippen LogP contribution in [0, 0.1) is 23.7 Å². The summed E-state index contributed by atoms with van der Waals surface area (Å²) in [6.07, 6.45) is 1.77. The molecule has 0 saturated carbocycles. The number of rotatable bonds is 20. The van der Waals surface area contributed by atoms with Gasteiger partial charge in [0.1, 0.15) is 12.4 Å². The van der Waals surface area contributed by atoms with E-state index in [0.29, 0.717) is 56.6 Å². The van der Waals surface area contributed by atoms with Crippen LogP contribution in [-0.2, 0) is 16.0 Å². The van der Waals surface area contributed by atoms with Gasteiger partial charge in [-0.2, -0.15) is 0 Å². The topological polar surface area (TPSA) is 112 Å². The molecule has 2 rings (SSSR count). The fraction of sp³-hybridized carbons (Fsp3) is 0.606. The number of ether oxygens (including phenoxy) is 4. The molecule has 0 bridgehead atoms. The minimum Gasteiger partial charge on any atom is -0.493 e. The van der Waals surface area contributed by atoms with Gasteiger partial charge in [0.15, 0.2) is 11.5 Å². The van der Waals surface area contributed by atoms with Crippen LogP contribution in [0.2, 0.25) is 0 Å². The maximum absolute atomic E-state index is 13.0. The van der Waals surface area contributed by atoms with Crippen molar-refractivity contribution in [3.63, 3.8) is 0 Å². The Labute approximate surface area is 246 Å². The van der Waals surface area contributed by atoms with Crippen LogP contribution < -0.4 is 25.3 Å². The van der Waals surface area contributed by atoms with Gasteiger partial charge in [0.2, 0.25) is 5.91 Å². The van der Waals surface area contributed by atoms with Gasteiger partial charge in [-0.1, -0.05) is 52.0 Å². The van der Waals surface area contributed by atoms with Crippen LogP contribution in [0.4, 0.5) is 0 Å². The number of nitrogens with two attached hydrogens (primary N) is 1. The summed E-state index contributed by atoms with van der Waals surface area (Å²) in [6, 6.07) is 15.1. The van der Waals surface area contributed by atoms with Gasteiger partial charge in [0.05, 0.1) is 26.4 Å². The van der Waals surface area contributed by atoms with Gasteiger partial charge in [-0.15, -0.1) is 0 Å². The predicted molar refractivity (Wildman–Crippen MR) is 164 cm³/mol. The van der Waals surface area contributed by atoms with Crippen LogP contribution >= 0.6 is 0 Å². The fourth-order valence-corrected chi connectivity index (χ4v) is 4.85. The third-order valence-electron chi connectivity index (χ3n) is 7.54. The Bertz CT molecular complexity index is 1000. The van der Waals surface area contributed by atoms with E-state index in [-0.39, 0.29) is 23.7 Å². The molecule has 0 aliphatic heterocycles. The van der Waals surface area contributed by atoms with E-state index < -0.39 is 12.1 Å². The fourth-order valence-electron chi connectivity index (χ4n) is 4.85. The SMILES string of the molecule is COCCCOc1cc(C[C@@H](C[C@H](N)[C@@H](O)C[C@H](C(=O)NCCOc2ccccc2)C(C)C)C(C)C)ccc1OC. The molecule has 0 spiro atoms. The molecule has 0 aliphatic carbocycles. The molecular weight excluding hydrogens is 520 g/mol. The first kappa shape index (κ1) is 34.4. The Hall–Kier alpha value is -2.81. The number of methoxy groups -OCH3 is 2. The van der Waals surface area contributed by atoms with E-state index in [4.69, 9.17) is 24.7 Å². The summed E-state index contributed by atoms with van der Waals surface area (Å²) in [7, 11) is 3.31. The van der Waals surface area contributed by atoms with Crippen molar-refractivity contribution >= 4 is 5.91 Å². The Morgan fingerprint density at radius 2 is 1.63 bits per heavy atom. The summed E-state index contributed by atoms with van der Waals surface area (Å²) in [5, 5.41) is 14.0. The third-order valence-corrected chi connectivity index (χ3v) is 7.54. The smallest absolute Gasteiger partial charge is 0.223 e. The van der Waals surface area contributed by atoms with Crippen molar-refractivity contribution in [2.45, 2.75) is 65.5 Å². The molecule has 4 N–H and O–H groups in total. The first-order valence-corrected chi connectivity index (χ1v) is 14.8. The number of aliphatic hydroxyl groups is 1. The molecule has 8 nitrogen and oxygen atoms in total. The number of carbonyl (C=O) groups excluding carboxylic acids is 1. The van der Waals surface area contributed by atoms with Crippen LogP contribution in [0.1, 0.15) is 52.5 Å². The second-order valence-corrected chi connectivity index (χ2v) is 11.4. The van der Waals surface area contributed by atoms with Crippen molar-refractivity contribution in [3.05, 3.63) is 54.1 Å². The monoisotopic (exact) mass is 572 g/mol. The number of carbonyl (C=O) groups is 1. The molecule has 0 fully saturated rings. The Morgan fingerprint density at radius 3 is 2.27 bits per heavy atom. The zero-order chi connectivity index (χ0) is 30.2. The molecule has 2 aromatic carbocycles. The molecule has 0 saturated heterocycles. The van der Waals surface area contributed by atoms with Gasteiger partial charge >= 0.3 is 0 Å². The zero-order valence-corrected chi connectivity index (χ0v) is 25.8. The van der Waals surface area contributed by atoms with E-state index in [2.05, 4.69) is 25.2 Å². The van der Waals surface area contributed by atoms with Crippen molar-refractivity contribution in [2.24, 2.45) is 29.4 Å². The summed E-state index contributed by atoms with van der Waals surface area (Å²) in [5.41, 5.74) is 7.69. The lowest BCUT2D eigenvalue weighted by Gasteiger charge is -2.30. The lowest BCUT2D eigenvalue weighted by Crippen LogP contribution is -2.43. The quantitative estimate of drug-likeness (QED) is 0.194. The largest absolute Gasteiger partial charge is 0.493 e. The summed E-state index contributed by atoms with van der Waals surface area (Å²) < 4.78 is 22.2. The number of nitrogens with one attached hydrogen (secondary N) is 1. The van der Waals surface area contributed by atoms with E-state index in [0.717, 1.165) is 24.2 Å². The molecule has 41 heavy (non-hydrogen) atoms. The number of amides is 1. The Morgan fingerprint density at radius 1 is 0.902 bits per heavy atom. The number of hydrogen-bond acceptors (Lipinski definition) is 7. The zero-order valence-electron chi connectivity index (χ0n) is 25.8. The summed E-state index contributed by atoms with van der Waals surface area (Å²) >= 11 is 0. The second-order valence-electron chi connectivity index (χ2n) is 11.4. The van der Waals surface area contributed by atoms with Gasteiger partial charge < -0.3 is 35.1 Å². The molecule has 0 heterocycles. The highest BCUT2D eigenvalue weighted by molar-refractivity contribution is 5.78. The lowest BCUT2D eigenvalue weighted by atomic mass is 9.81. The maximum atomic E-state index is 13.0. The van der Waals surface area contributed by atoms with Gasteiger partial charge in [-0.05, 0) is 66.8 Å².